The first-order valence-electron chi connectivity index (χ1n) is 6.38. The number of amides is 2. The third kappa shape index (κ3) is 2.98. The molecule has 2 unspecified atom stereocenters. The molecule has 0 radical (unpaired) electrons. The van der Waals surface area contributed by atoms with E-state index in [9.17, 15) is 9.59 Å². The number of imide groups is 1. The van der Waals surface area contributed by atoms with E-state index in [4.69, 9.17) is 11.6 Å². The molecule has 1 aromatic carbocycles. The summed E-state index contributed by atoms with van der Waals surface area (Å²) in [7, 11) is 0. The Morgan fingerprint density at radius 1 is 1.26 bits per heavy atom. The number of hydrogen-bond donors (Lipinski definition) is 1. The van der Waals surface area contributed by atoms with Crippen molar-refractivity contribution in [2.24, 2.45) is 11.3 Å². The predicted octanol–water partition coefficient (Wildman–Crippen LogP) is 3.13. The minimum absolute atomic E-state index is 0.0211. The van der Waals surface area contributed by atoms with Crippen LogP contribution in [-0.4, -0.2) is 11.8 Å². The number of carbonyl (C=O) groups is 2. The lowest BCUT2D eigenvalue weighted by atomic mass is 9.67. The fraction of sp³-hybridized carbons (Fsp3) is 0.467. The molecule has 1 heterocycles. The maximum atomic E-state index is 12.2. The normalized spacial score (nSPS) is 24.2. The first-order valence-corrected chi connectivity index (χ1v) is 6.76. The zero-order valence-electron chi connectivity index (χ0n) is 11.4. The molecule has 1 N–H and O–H groups in total. The largest absolute Gasteiger partial charge is 0.296 e. The molecule has 3 nitrogen and oxygen atoms in total. The number of hydrogen-bond acceptors (Lipinski definition) is 2. The molecule has 4 heteroatoms. The molecule has 0 aliphatic carbocycles. The summed E-state index contributed by atoms with van der Waals surface area (Å²) in [6.07, 6.45) is 0.367. The highest BCUT2D eigenvalue weighted by atomic mass is 35.5. The molecule has 1 aliphatic heterocycles. The maximum absolute atomic E-state index is 12.2. The molecule has 1 fully saturated rings. The van der Waals surface area contributed by atoms with Gasteiger partial charge in [0.15, 0.2) is 0 Å². The number of halogens is 1. The highest BCUT2D eigenvalue weighted by Gasteiger charge is 2.42. The van der Waals surface area contributed by atoms with Gasteiger partial charge < -0.3 is 0 Å². The van der Waals surface area contributed by atoms with Gasteiger partial charge in [0.2, 0.25) is 11.8 Å². The van der Waals surface area contributed by atoms with Crippen molar-refractivity contribution in [3.63, 3.8) is 0 Å². The second-order valence-corrected chi connectivity index (χ2v) is 6.56. The van der Waals surface area contributed by atoms with Gasteiger partial charge in [0.05, 0.1) is 5.92 Å². The summed E-state index contributed by atoms with van der Waals surface area (Å²) in [5, 5.41) is 3.03. The Morgan fingerprint density at radius 2 is 1.95 bits per heavy atom. The molecule has 2 rings (SSSR count). The van der Waals surface area contributed by atoms with Gasteiger partial charge in [-0.1, -0.05) is 44.5 Å². The van der Waals surface area contributed by atoms with Crippen LogP contribution >= 0.6 is 11.6 Å². The Bertz CT molecular complexity index is 519. The minimum atomic E-state index is -0.323. The summed E-state index contributed by atoms with van der Waals surface area (Å²) >= 11 is 6.00. The van der Waals surface area contributed by atoms with Gasteiger partial charge in [-0.05, 0) is 29.0 Å². The van der Waals surface area contributed by atoms with E-state index in [2.05, 4.69) is 26.1 Å². The molecule has 0 spiro atoms. The summed E-state index contributed by atoms with van der Waals surface area (Å²) in [6.45, 7) is 6.17. The van der Waals surface area contributed by atoms with Crippen molar-refractivity contribution in [1.29, 1.82) is 0 Å². The van der Waals surface area contributed by atoms with E-state index in [1.54, 1.807) is 12.1 Å². The number of nitrogens with one attached hydrogen (secondary N) is 1. The van der Waals surface area contributed by atoms with Crippen LogP contribution < -0.4 is 5.32 Å². The number of rotatable bonds is 1. The van der Waals surface area contributed by atoms with E-state index < -0.39 is 0 Å². The number of carbonyl (C=O) groups excluding carboxylic acids is 2. The Kier molecular flexibility index (Phi) is 3.68. The predicted molar refractivity (Wildman–Crippen MR) is 74.9 cm³/mol. The van der Waals surface area contributed by atoms with Crippen LogP contribution in [0.15, 0.2) is 24.3 Å². The van der Waals surface area contributed by atoms with E-state index >= 15 is 0 Å². The summed E-state index contributed by atoms with van der Waals surface area (Å²) in [6, 6.07) is 7.31. The Labute approximate surface area is 118 Å². The molecule has 0 aromatic heterocycles. The van der Waals surface area contributed by atoms with E-state index in [-0.39, 0.29) is 29.1 Å². The summed E-state index contributed by atoms with van der Waals surface area (Å²) in [5.41, 5.74) is 0.748. The van der Waals surface area contributed by atoms with E-state index in [1.807, 2.05) is 12.1 Å². The van der Waals surface area contributed by atoms with E-state index in [0.717, 1.165) is 5.56 Å². The van der Waals surface area contributed by atoms with Gasteiger partial charge in [-0.25, -0.2) is 0 Å². The number of piperidine rings is 1. The van der Waals surface area contributed by atoms with Crippen molar-refractivity contribution in [1.82, 2.24) is 5.32 Å². The zero-order chi connectivity index (χ0) is 14.2. The molecule has 19 heavy (non-hydrogen) atoms. The van der Waals surface area contributed by atoms with Crippen molar-refractivity contribution in [2.75, 3.05) is 0 Å². The van der Waals surface area contributed by atoms with Gasteiger partial charge >= 0.3 is 0 Å². The van der Waals surface area contributed by atoms with Crippen molar-refractivity contribution < 1.29 is 9.59 Å². The fourth-order valence-electron chi connectivity index (χ4n) is 2.66. The van der Waals surface area contributed by atoms with Crippen molar-refractivity contribution in [2.45, 2.75) is 33.1 Å². The van der Waals surface area contributed by atoms with Crippen LogP contribution in [0.5, 0.6) is 0 Å². The number of benzene rings is 1. The average Bonchev–Trinajstić information content (AvgIpc) is 2.26. The smallest absolute Gasteiger partial charge is 0.234 e. The SMILES string of the molecule is CC(C)(C)C1CC(=O)NC(=O)C1c1cccc(Cl)c1. The molecular weight excluding hydrogens is 262 g/mol. The van der Waals surface area contributed by atoms with Crippen LogP contribution in [0, 0.1) is 11.3 Å². The van der Waals surface area contributed by atoms with Crippen LogP contribution in [-0.2, 0) is 9.59 Å². The second kappa shape index (κ2) is 4.97. The van der Waals surface area contributed by atoms with Crippen LogP contribution in [0.2, 0.25) is 5.02 Å². The van der Waals surface area contributed by atoms with Gasteiger partial charge in [-0.2, -0.15) is 0 Å². The first-order chi connectivity index (χ1) is 8.79. The van der Waals surface area contributed by atoms with Crippen LogP contribution in [0.1, 0.15) is 38.7 Å². The Hall–Kier alpha value is -1.35. The van der Waals surface area contributed by atoms with Crippen LogP contribution in [0.25, 0.3) is 0 Å². The average molecular weight is 280 g/mol. The molecule has 2 amide bonds. The summed E-state index contributed by atoms with van der Waals surface area (Å²) < 4.78 is 0. The lowest BCUT2D eigenvalue weighted by molar-refractivity contribution is -0.138. The van der Waals surface area contributed by atoms with E-state index in [0.29, 0.717) is 11.4 Å². The molecular formula is C15H18ClNO2. The molecule has 1 saturated heterocycles. The van der Waals surface area contributed by atoms with Gasteiger partial charge in [-0.3, -0.25) is 14.9 Å². The van der Waals surface area contributed by atoms with Gasteiger partial charge in [0, 0.05) is 11.4 Å². The summed E-state index contributed by atoms with van der Waals surface area (Å²) in [4.78, 5) is 23.8. The molecule has 1 aromatic rings. The van der Waals surface area contributed by atoms with Gasteiger partial charge in [-0.15, -0.1) is 0 Å². The first kappa shape index (κ1) is 14.1. The molecule has 2 atom stereocenters. The van der Waals surface area contributed by atoms with Crippen molar-refractivity contribution in [3.05, 3.63) is 34.9 Å². The highest BCUT2D eigenvalue weighted by molar-refractivity contribution is 6.30. The third-order valence-corrected chi connectivity index (χ3v) is 3.91. The molecule has 0 bridgehead atoms. The Morgan fingerprint density at radius 3 is 2.53 bits per heavy atom. The lowest BCUT2D eigenvalue weighted by Gasteiger charge is -2.39. The Balaban J connectivity index is 2.44. The second-order valence-electron chi connectivity index (χ2n) is 6.12. The quantitative estimate of drug-likeness (QED) is 0.803. The molecule has 102 valence electrons. The van der Waals surface area contributed by atoms with Crippen molar-refractivity contribution in [3.8, 4) is 0 Å². The van der Waals surface area contributed by atoms with Crippen LogP contribution in [0.3, 0.4) is 0 Å². The zero-order valence-corrected chi connectivity index (χ0v) is 12.1. The van der Waals surface area contributed by atoms with Gasteiger partial charge in [0.1, 0.15) is 0 Å². The van der Waals surface area contributed by atoms with Gasteiger partial charge in [0.25, 0.3) is 0 Å². The van der Waals surface area contributed by atoms with E-state index in [1.165, 1.54) is 0 Å². The maximum Gasteiger partial charge on any atom is 0.234 e. The standard InChI is InChI=1S/C15H18ClNO2/c1-15(2,3)11-8-12(18)17-14(19)13(11)9-5-4-6-10(16)7-9/h4-7,11,13H,8H2,1-3H3,(H,17,18,19). The van der Waals surface area contributed by atoms with Crippen molar-refractivity contribution >= 4 is 23.4 Å². The minimum Gasteiger partial charge on any atom is -0.296 e. The molecule has 0 saturated carbocycles. The van der Waals surface area contributed by atoms with Crippen LogP contribution in [0.4, 0.5) is 0 Å². The highest BCUT2D eigenvalue weighted by Crippen LogP contribution is 2.42. The molecule has 1 aliphatic rings. The lowest BCUT2D eigenvalue weighted by Crippen LogP contribution is -2.48. The fourth-order valence-corrected chi connectivity index (χ4v) is 2.86. The summed E-state index contributed by atoms with van der Waals surface area (Å²) in [5.74, 6) is -0.759. The monoisotopic (exact) mass is 279 g/mol. The topological polar surface area (TPSA) is 46.2 Å². The third-order valence-electron chi connectivity index (χ3n) is 3.67.